The van der Waals surface area contributed by atoms with Gasteiger partial charge in [0, 0.05) is 29.2 Å². The summed E-state index contributed by atoms with van der Waals surface area (Å²) in [6, 6.07) is 13.4. The number of carbonyl (C=O) groups is 1. The Balaban J connectivity index is 1.80. The molecule has 1 aromatic heterocycles. The zero-order valence-electron chi connectivity index (χ0n) is 16.7. The molecule has 0 bridgehead atoms. The average molecular weight is 410 g/mol. The number of benzene rings is 2. The second-order valence-electron chi connectivity index (χ2n) is 7.35. The zero-order chi connectivity index (χ0) is 20.4. The van der Waals surface area contributed by atoms with Gasteiger partial charge in [-0.15, -0.1) is 0 Å². The second-order valence-corrected chi connectivity index (χ2v) is 7.76. The fraction of sp³-hybridized carbons (Fsp3) is 0.304. The van der Waals surface area contributed by atoms with Gasteiger partial charge in [-0.2, -0.15) is 0 Å². The largest absolute Gasteiger partial charge is 0.494 e. The van der Waals surface area contributed by atoms with E-state index in [2.05, 4.69) is 10.3 Å². The number of carbonyl (C=O) groups excluding carboxylic acids is 1. The molecule has 3 aromatic rings. The molecule has 4 rings (SSSR count). The van der Waals surface area contributed by atoms with Crippen LogP contribution in [0.1, 0.15) is 35.3 Å². The summed E-state index contributed by atoms with van der Waals surface area (Å²) in [6.45, 7) is 3.52. The highest BCUT2D eigenvalue weighted by Crippen LogP contribution is 2.33. The summed E-state index contributed by atoms with van der Waals surface area (Å²) in [5.74, 6) is 0.600. The van der Waals surface area contributed by atoms with E-state index in [9.17, 15) is 4.79 Å². The minimum atomic E-state index is -0.0394. The summed E-state index contributed by atoms with van der Waals surface area (Å²) in [7, 11) is 1.61. The molecule has 1 N–H and O–H groups in total. The van der Waals surface area contributed by atoms with Crippen LogP contribution in [0.4, 0.5) is 11.4 Å². The maximum absolute atomic E-state index is 13.1. The maximum atomic E-state index is 13.1. The number of likely N-dealkylation sites (tertiary alicyclic amines) is 1. The van der Waals surface area contributed by atoms with Crippen LogP contribution in [0, 0.1) is 6.92 Å². The van der Waals surface area contributed by atoms with Gasteiger partial charge in [0.25, 0.3) is 5.91 Å². The Morgan fingerprint density at radius 3 is 2.66 bits per heavy atom. The molecule has 1 aliphatic heterocycles. The summed E-state index contributed by atoms with van der Waals surface area (Å²) in [5.41, 5.74) is 3.75. The van der Waals surface area contributed by atoms with Crippen molar-refractivity contribution in [1.82, 2.24) is 9.88 Å². The van der Waals surface area contributed by atoms with E-state index in [1.165, 1.54) is 6.42 Å². The molecule has 1 fully saturated rings. The quantitative estimate of drug-likeness (QED) is 0.611. The van der Waals surface area contributed by atoms with Gasteiger partial charge in [0.1, 0.15) is 17.0 Å². The number of rotatable bonds is 4. The first-order chi connectivity index (χ1) is 14.1. The molecule has 0 spiro atoms. The van der Waals surface area contributed by atoms with Crippen molar-refractivity contribution in [3.8, 4) is 5.75 Å². The summed E-state index contributed by atoms with van der Waals surface area (Å²) in [5, 5.41) is 4.99. The first-order valence-electron chi connectivity index (χ1n) is 9.87. The van der Waals surface area contributed by atoms with Crippen LogP contribution in [0.25, 0.3) is 10.9 Å². The summed E-state index contributed by atoms with van der Waals surface area (Å²) < 4.78 is 5.51. The highest BCUT2D eigenvalue weighted by Gasteiger charge is 2.21. The highest BCUT2D eigenvalue weighted by molar-refractivity contribution is 6.31. The lowest BCUT2D eigenvalue weighted by molar-refractivity contribution is 0.0719. The van der Waals surface area contributed by atoms with E-state index < -0.39 is 0 Å². The van der Waals surface area contributed by atoms with Gasteiger partial charge in [-0.3, -0.25) is 4.79 Å². The van der Waals surface area contributed by atoms with E-state index >= 15 is 0 Å². The first-order valence-corrected chi connectivity index (χ1v) is 10.2. The van der Waals surface area contributed by atoms with E-state index in [0.717, 1.165) is 48.3 Å². The standard InChI is InChI=1S/C23H24ClN3O2/c1-15-9-10-16(13-18(15)24)25-19-14-20(23(28)27-11-4-3-5-12-27)26-22-17(19)7-6-8-21(22)29-2/h6-10,13-14H,3-5,11-12H2,1-2H3,(H,25,26). The molecule has 150 valence electrons. The number of ether oxygens (including phenoxy) is 1. The number of halogens is 1. The Hall–Kier alpha value is -2.79. The van der Waals surface area contributed by atoms with Crippen LogP contribution in [0.15, 0.2) is 42.5 Å². The van der Waals surface area contributed by atoms with Crippen LogP contribution in [0.5, 0.6) is 5.75 Å². The van der Waals surface area contributed by atoms with Crippen LogP contribution >= 0.6 is 11.6 Å². The molecule has 6 heteroatoms. The third kappa shape index (κ3) is 4.01. The topological polar surface area (TPSA) is 54.5 Å². The number of fused-ring (bicyclic) bond motifs is 1. The number of para-hydroxylation sites is 1. The molecule has 5 nitrogen and oxygen atoms in total. The van der Waals surface area contributed by atoms with E-state index in [1.54, 1.807) is 7.11 Å². The number of pyridine rings is 1. The van der Waals surface area contributed by atoms with Gasteiger partial charge in [-0.1, -0.05) is 29.8 Å². The number of piperidine rings is 1. The van der Waals surface area contributed by atoms with Crippen LogP contribution in [0.2, 0.25) is 5.02 Å². The molecule has 0 aliphatic carbocycles. The zero-order valence-corrected chi connectivity index (χ0v) is 17.4. The lowest BCUT2D eigenvalue weighted by Gasteiger charge is -2.26. The van der Waals surface area contributed by atoms with Crippen molar-refractivity contribution >= 4 is 39.8 Å². The summed E-state index contributed by atoms with van der Waals surface area (Å²) in [4.78, 5) is 19.7. The highest BCUT2D eigenvalue weighted by atomic mass is 35.5. The summed E-state index contributed by atoms with van der Waals surface area (Å²) >= 11 is 6.30. The molecule has 0 atom stereocenters. The predicted molar refractivity (Wildman–Crippen MR) is 118 cm³/mol. The van der Waals surface area contributed by atoms with Crippen molar-refractivity contribution in [2.45, 2.75) is 26.2 Å². The van der Waals surface area contributed by atoms with Gasteiger partial charge >= 0.3 is 0 Å². The number of aromatic nitrogens is 1. The van der Waals surface area contributed by atoms with Gasteiger partial charge in [0.05, 0.1) is 12.8 Å². The fourth-order valence-electron chi connectivity index (χ4n) is 3.68. The number of anilines is 2. The Morgan fingerprint density at radius 1 is 1.14 bits per heavy atom. The Morgan fingerprint density at radius 2 is 1.93 bits per heavy atom. The van der Waals surface area contributed by atoms with Crippen molar-refractivity contribution in [3.05, 3.63) is 58.7 Å². The van der Waals surface area contributed by atoms with Gasteiger partial charge in [0.2, 0.25) is 0 Å². The minimum absolute atomic E-state index is 0.0394. The van der Waals surface area contributed by atoms with E-state index in [-0.39, 0.29) is 5.91 Å². The van der Waals surface area contributed by atoms with Crippen LogP contribution in [0.3, 0.4) is 0 Å². The lowest BCUT2D eigenvalue weighted by atomic mass is 10.1. The predicted octanol–water partition coefficient (Wildman–Crippen LogP) is 5.57. The normalized spacial score (nSPS) is 14.1. The van der Waals surface area contributed by atoms with Crippen LogP contribution < -0.4 is 10.1 Å². The molecule has 2 aromatic carbocycles. The van der Waals surface area contributed by atoms with E-state index in [0.29, 0.717) is 22.0 Å². The molecule has 0 radical (unpaired) electrons. The Kier molecular flexibility index (Phi) is 5.58. The van der Waals surface area contributed by atoms with Crippen molar-refractivity contribution in [3.63, 3.8) is 0 Å². The molecule has 29 heavy (non-hydrogen) atoms. The second kappa shape index (κ2) is 8.29. The molecule has 1 amide bonds. The Labute approximate surface area is 175 Å². The molecular formula is C23H24ClN3O2. The lowest BCUT2D eigenvalue weighted by Crippen LogP contribution is -2.36. The van der Waals surface area contributed by atoms with Crippen molar-refractivity contribution in [1.29, 1.82) is 0 Å². The molecule has 2 heterocycles. The Bertz CT molecular complexity index is 1060. The molecule has 0 unspecified atom stereocenters. The number of hydrogen-bond donors (Lipinski definition) is 1. The summed E-state index contributed by atoms with van der Waals surface area (Å²) in [6.07, 6.45) is 3.25. The number of methoxy groups -OCH3 is 1. The molecule has 0 saturated carbocycles. The average Bonchev–Trinajstić information content (AvgIpc) is 2.76. The van der Waals surface area contributed by atoms with E-state index in [4.69, 9.17) is 16.3 Å². The third-order valence-corrected chi connectivity index (χ3v) is 5.74. The van der Waals surface area contributed by atoms with Crippen molar-refractivity contribution < 1.29 is 9.53 Å². The third-order valence-electron chi connectivity index (χ3n) is 5.34. The van der Waals surface area contributed by atoms with Gasteiger partial charge < -0.3 is 15.0 Å². The SMILES string of the molecule is COc1cccc2c(Nc3ccc(C)c(Cl)c3)cc(C(=O)N3CCCCC3)nc12. The number of nitrogens with one attached hydrogen (secondary N) is 1. The smallest absolute Gasteiger partial charge is 0.272 e. The van der Waals surface area contributed by atoms with Gasteiger partial charge in [0.15, 0.2) is 0 Å². The van der Waals surface area contributed by atoms with E-state index in [1.807, 2.05) is 54.3 Å². The molecule has 1 saturated heterocycles. The fourth-order valence-corrected chi connectivity index (χ4v) is 3.87. The van der Waals surface area contributed by atoms with Crippen LogP contribution in [-0.2, 0) is 0 Å². The van der Waals surface area contributed by atoms with Gasteiger partial charge in [-0.25, -0.2) is 4.98 Å². The van der Waals surface area contributed by atoms with Gasteiger partial charge in [-0.05, 0) is 56.0 Å². The minimum Gasteiger partial charge on any atom is -0.494 e. The number of hydrogen-bond acceptors (Lipinski definition) is 4. The maximum Gasteiger partial charge on any atom is 0.272 e. The number of amides is 1. The van der Waals surface area contributed by atoms with Crippen LogP contribution in [-0.4, -0.2) is 36.0 Å². The first kappa shape index (κ1) is 19.5. The van der Waals surface area contributed by atoms with Crippen molar-refractivity contribution in [2.24, 2.45) is 0 Å². The molecular weight excluding hydrogens is 386 g/mol. The molecule has 1 aliphatic rings. The monoisotopic (exact) mass is 409 g/mol. The number of aryl methyl sites for hydroxylation is 1. The number of nitrogens with zero attached hydrogens (tertiary/aromatic N) is 2. The van der Waals surface area contributed by atoms with Crippen molar-refractivity contribution in [2.75, 3.05) is 25.5 Å².